The third-order valence-electron chi connectivity index (χ3n) is 5.56. The van der Waals surface area contributed by atoms with Crippen LogP contribution in [0, 0.1) is 0 Å². The third kappa shape index (κ3) is 4.30. The van der Waals surface area contributed by atoms with Crippen LogP contribution in [0.5, 0.6) is 5.75 Å². The lowest BCUT2D eigenvalue weighted by atomic mass is 10.1. The van der Waals surface area contributed by atoms with E-state index in [1.807, 2.05) is 30.9 Å². The van der Waals surface area contributed by atoms with E-state index in [-0.39, 0.29) is 24.2 Å². The Bertz CT molecular complexity index is 589. The molecule has 2 saturated heterocycles. The lowest BCUT2D eigenvalue weighted by molar-refractivity contribution is -0.915. The van der Waals surface area contributed by atoms with Gasteiger partial charge >= 0.3 is 0 Å². The smallest absolute Gasteiger partial charge is 0.280 e. The summed E-state index contributed by atoms with van der Waals surface area (Å²) >= 11 is 0. The molecule has 2 fully saturated rings. The van der Waals surface area contributed by atoms with Crippen LogP contribution in [0.4, 0.5) is 5.69 Å². The fourth-order valence-corrected chi connectivity index (χ4v) is 4.08. The summed E-state index contributed by atoms with van der Waals surface area (Å²) < 4.78 is 11.0. The molecule has 2 heterocycles. The Labute approximate surface area is 156 Å². The second-order valence-electron chi connectivity index (χ2n) is 7.57. The van der Waals surface area contributed by atoms with Gasteiger partial charge in [0.2, 0.25) is 0 Å². The Morgan fingerprint density at radius 1 is 1.15 bits per heavy atom. The number of piperazine rings is 1. The van der Waals surface area contributed by atoms with Gasteiger partial charge in [-0.15, -0.1) is 0 Å². The molecule has 1 amide bonds. The summed E-state index contributed by atoms with van der Waals surface area (Å²) in [7, 11) is 1.69. The first-order chi connectivity index (χ1) is 12.5. The number of hydrogen-bond donors (Lipinski definition) is 1. The lowest BCUT2D eigenvalue weighted by Crippen LogP contribution is -3.19. The Kier molecular flexibility index (Phi) is 6.04. The normalized spacial score (nSPS) is 25.8. The van der Waals surface area contributed by atoms with Crippen LogP contribution < -0.4 is 14.5 Å². The van der Waals surface area contributed by atoms with E-state index in [1.54, 1.807) is 7.11 Å². The average Bonchev–Trinajstić information content (AvgIpc) is 2.66. The average molecular weight is 362 g/mol. The monoisotopic (exact) mass is 362 g/mol. The number of carbonyl (C=O) groups excluding carboxylic acids is 1. The fourth-order valence-electron chi connectivity index (χ4n) is 4.08. The highest BCUT2D eigenvalue weighted by Crippen LogP contribution is 2.19. The summed E-state index contributed by atoms with van der Waals surface area (Å²) in [6.07, 6.45) is 0.244. The molecule has 0 bridgehead atoms. The van der Waals surface area contributed by atoms with Crippen molar-refractivity contribution < 1.29 is 19.2 Å². The van der Waals surface area contributed by atoms with Gasteiger partial charge in [0, 0.05) is 18.8 Å². The molecule has 1 N–H and O–H groups in total. The van der Waals surface area contributed by atoms with Crippen molar-refractivity contribution in [2.75, 3.05) is 51.3 Å². The molecule has 2 aliphatic heterocycles. The van der Waals surface area contributed by atoms with Crippen LogP contribution in [0.15, 0.2) is 24.3 Å². The minimum atomic E-state index is 0.00511. The lowest BCUT2D eigenvalue weighted by Gasteiger charge is -2.40. The van der Waals surface area contributed by atoms with Crippen LogP contribution in [-0.2, 0) is 9.53 Å². The third-order valence-corrected chi connectivity index (χ3v) is 5.56. The molecule has 0 spiro atoms. The van der Waals surface area contributed by atoms with Crippen molar-refractivity contribution in [3.63, 3.8) is 0 Å². The van der Waals surface area contributed by atoms with Crippen LogP contribution in [0.1, 0.15) is 20.8 Å². The molecular weight excluding hydrogens is 330 g/mol. The number of morpholine rings is 1. The number of hydrogen-bond acceptors (Lipinski definition) is 4. The Balaban J connectivity index is 1.54. The molecule has 1 aromatic carbocycles. The maximum atomic E-state index is 12.9. The molecule has 1 aromatic rings. The number of rotatable bonds is 4. The Morgan fingerprint density at radius 3 is 2.27 bits per heavy atom. The van der Waals surface area contributed by atoms with Crippen molar-refractivity contribution in [3.8, 4) is 5.75 Å². The highest BCUT2D eigenvalue weighted by atomic mass is 16.5. The van der Waals surface area contributed by atoms with Gasteiger partial charge in [0.1, 0.15) is 5.75 Å². The molecular formula is C20H32N3O3+. The van der Waals surface area contributed by atoms with Crippen LogP contribution in [-0.4, -0.2) is 75.4 Å². The van der Waals surface area contributed by atoms with Crippen molar-refractivity contribution >= 4 is 11.6 Å². The standard InChI is InChI=1S/C20H31N3O3/c1-15-13-23(14-16(2)26-15)20(24)17(3)21-9-11-22(12-10-21)18-5-7-19(25-4)8-6-18/h5-8,15-17H,9-14H2,1-4H3/p+1/t15-,16-,17+/m0/s1. The Hall–Kier alpha value is -1.79. The first-order valence-corrected chi connectivity index (χ1v) is 9.65. The van der Waals surface area contributed by atoms with Gasteiger partial charge in [0.15, 0.2) is 6.04 Å². The number of nitrogens with one attached hydrogen (secondary N) is 1. The zero-order valence-corrected chi connectivity index (χ0v) is 16.4. The van der Waals surface area contributed by atoms with Gasteiger partial charge in [-0.05, 0) is 45.0 Å². The number of ether oxygens (including phenoxy) is 2. The van der Waals surface area contributed by atoms with E-state index in [1.165, 1.54) is 10.6 Å². The summed E-state index contributed by atoms with van der Waals surface area (Å²) in [5, 5.41) is 0. The Morgan fingerprint density at radius 2 is 1.73 bits per heavy atom. The number of methoxy groups -OCH3 is 1. The van der Waals surface area contributed by atoms with Crippen LogP contribution in [0.25, 0.3) is 0 Å². The second-order valence-corrected chi connectivity index (χ2v) is 7.57. The van der Waals surface area contributed by atoms with E-state index in [0.29, 0.717) is 13.1 Å². The van der Waals surface area contributed by atoms with E-state index in [0.717, 1.165) is 31.9 Å². The molecule has 6 heteroatoms. The van der Waals surface area contributed by atoms with Crippen molar-refractivity contribution in [1.82, 2.24) is 4.90 Å². The highest BCUT2D eigenvalue weighted by molar-refractivity contribution is 5.80. The second kappa shape index (κ2) is 8.27. The molecule has 0 radical (unpaired) electrons. The van der Waals surface area contributed by atoms with Gasteiger partial charge in [-0.2, -0.15) is 0 Å². The zero-order valence-electron chi connectivity index (χ0n) is 16.4. The summed E-state index contributed by atoms with van der Waals surface area (Å²) in [6, 6.07) is 8.22. The van der Waals surface area contributed by atoms with Crippen LogP contribution >= 0.6 is 0 Å². The van der Waals surface area contributed by atoms with E-state index in [2.05, 4.69) is 24.0 Å². The highest BCUT2D eigenvalue weighted by Gasteiger charge is 2.35. The molecule has 26 heavy (non-hydrogen) atoms. The molecule has 0 aliphatic carbocycles. The van der Waals surface area contributed by atoms with Gasteiger partial charge in [0.25, 0.3) is 5.91 Å². The summed E-state index contributed by atoms with van der Waals surface area (Å²) in [6.45, 7) is 11.5. The number of nitrogens with zero attached hydrogens (tertiary/aromatic N) is 2. The predicted octanol–water partition coefficient (Wildman–Crippen LogP) is 0.424. The van der Waals surface area contributed by atoms with Gasteiger partial charge in [-0.25, -0.2) is 0 Å². The number of quaternary nitrogens is 1. The maximum absolute atomic E-state index is 12.9. The molecule has 3 rings (SSSR count). The van der Waals surface area contributed by atoms with E-state index < -0.39 is 0 Å². The quantitative estimate of drug-likeness (QED) is 0.844. The maximum Gasteiger partial charge on any atom is 0.280 e. The number of amides is 1. The zero-order chi connectivity index (χ0) is 18.7. The van der Waals surface area contributed by atoms with Gasteiger partial charge < -0.3 is 24.2 Å². The van der Waals surface area contributed by atoms with E-state index >= 15 is 0 Å². The van der Waals surface area contributed by atoms with Gasteiger partial charge in [-0.1, -0.05) is 0 Å². The number of benzene rings is 1. The molecule has 3 atom stereocenters. The van der Waals surface area contributed by atoms with Crippen molar-refractivity contribution in [2.45, 2.75) is 39.0 Å². The fraction of sp³-hybridized carbons (Fsp3) is 0.650. The molecule has 0 unspecified atom stereocenters. The molecule has 6 nitrogen and oxygen atoms in total. The summed E-state index contributed by atoms with van der Waals surface area (Å²) in [5.41, 5.74) is 1.22. The predicted molar refractivity (Wildman–Crippen MR) is 102 cm³/mol. The van der Waals surface area contributed by atoms with Crippen molar-refractivity contribution in [1.29, 1.82) is 0 Å². The SMILES string of the molecule is COc1ccc(N2CC[NH+]([C@H](C)C(=O)N3C[C@H](C)O[C@@H](C)C3)CC2)cc1. The largest absolute Gasteiger partial charge is 0.497 e. The molecule has 144 valence electrons. The topological polar surface area (TPSA) is 46.5 Å². The van der Waals surface area contributed by atoms with E-state index in [9.17, 15) is 4.79 Å². The van der Waals surface area contributed by atoms with Gasteiger partial charge in [-0.3, -0.25) is 4.79 Å². The van der Waals surface area contributed by atoms with Crippen molar-refractivity contribution in [2.24, 2.45) is 0 Å². The van der Waals surface area contributed by atoms with Gasteiger partial charge in [0.05, 0.1) is 45.5 Å². The van der Waals surface area contributed by atoms with Crippen LogP contribution in [0.2, 0.25) is 0 Å². The number of anilines is 1. The summed E-state index contributed by atoms with van der Waals surface area (Å²) in [5.74, 6) is 1.14. The van der Waals surface area contributed by atoms with E-state index in [4.69, 9.17) is 9.47 Å². The molecule has 0 aromatic heterocycles. The minimum absolute atomic E-state index is 0.00511. The number of carbonyl (C=O) groups is 1. The molecule has 2 aliphatic rings. The molecule has 0 saturated carbocycles. The van der Waals surface area contributed by atoms with Crippen molar-refractivity contribution in [3.05, 3.63) is 24.3 Å². The minimum Gasteiger partial charge on any atom is -0.497 e. The summed E-state index contributed by atoms with van der Waals surface area (Å²) in [4.78, 5) is 18.7. The first-order valence-electron chi connectivity index (χ1n) is 9.65. The first kappa shape index (κ1) is 19.0. The van der Waals surface area contributed by atoms with Crippen LogP contribution in [0.3, 0.4) is 0 Å².